The Morgan fingerprint density at radius 1 is 1.56 bits per heavy atom. The van der Waals surface area contributed by atoms with Crippen LogP contribution in [0.15, 0.2) is 12.4 Å². The highest BCUT2D eigenvalue weighted by Crippen LogP contribution is 2.19. The number of hydrogen-bond donors (Lipinski definition) is 1. The molecular formula is C13H19N3O2. The molecular weight excluding hydrogens is 230 g/mol. The Balaban J connectivity index is 1.51. The van der Waals surface area contributed by atoms with Crippen LogP contribution in [0.2, 0.25) is 0 Å². The summed E-state index contributed by atoms with van der Waals surface area (Å²) in [5, 5.41) is 3.02. The summed E-state index contributed by atoms with van der Waals surface area (Å²) in [5.41, 5.74) is 0. The van der Waals surface area contributed by atoms with Crippen molar-refractivity contribution in [1.29, 1.82) is 0 Å². The van der Waals surface area contributed by atoms with E-state index >= 15 is 0 Å². The van der Waals surface area contributed by atoms with Gasteiger partial charge in [0.2, 0.25) is 5.91 Å². The van der Waals surface area contributed by atoms with E-state index in [1.807, 2.05) is 12.4 Å². The maximum absolute atomic E-state index is 12.1. The Kier molecular flexibility index (Phi) is 3.32. The summed E-state index contributed by atoms with van der Waals surface area (Å²) in [6.07, 6.45) is 7.85. The SMILES string of the molecule is O=C(NCC1CCCO1)C1CCn2ccnc2C1. The molecule has 18 heavy (non-hydrogen) atoms. The van der Waals surface area contributed by atoms with Crippen molar-refractivity contribution in [1.82, 2.24) is 14.9 Å². The monoisotopic (exact) mass is 249 g/mol. The number of aryl methyl sites for hydroxylation is 1. The van der Waals surface area contributed by atoms with Crippen LogP contribution in [-0.2, 0) is 22.5 Å². The van der Waals surface area contributed by atoms with Gasteiger partial charge in [-0.1, -0.05) is 0 Å². The molecule has 1 fully saturated rings. The molecule has 0 saturated carbocycles. The average Bonchev–Trinajstić information content (AvgIpc) is 3.05. The number of carbonyl (C=O) groups is 1. The van der Waals surface area contributed by atoms with Crippen LogP contribution in [0.25, 0.3) is 0 Å². The molecule has 2 unspecified atom stereocenters. The number of imidazole rings is 1. The van der Waals surface area contributed by atoms with Crippen LogP contribution in [0.1, 0.15) is 25.1 Å². The Labute approximate surface area is 107 Å². The molecule has 2 aliphatic heterocycles. The van der Waals surface area contributed by atoms with Crippen LogP contribution >= 0.6 is 0 Å². The lowest BCUT2D eigenvalue weighted by molar-refractivity contribution is -0.126. The fourth-order valence-electron chi connectivity index (χ4n) is 2.74. The molecule has 3 heterocycles. The number of fused-ring (bicyclic) bond motifs is 1. The van der Waals surface area contributed by atoms with Crippen molar-refractivity contribution in [3.8, 4) is 0 Å². The third-order valence-electron chi connectivity index (χ3n) is 3.85. The number of hydrogen-bond acceptors (Lipinski definition) is 3. The second kappa shape index (κ2) is 5.10. The average molecular weight is 249 g/mol. The Hall–Kier alpha value is -1.36. The fraction of sp³-hybridized carbons (Fsp3) is 0.692. The molecule has 0 bridgehead atoms. The van der Waals surface area contributed by atoms with Crippen LogP contribution in [0.4, 0.5) is 0 Å². The van der Waals surface area contributed by atoms with Gasteiger partial charge in [0, 0.05) is 44.4 Å². The normalized spacial score (nSPS) is 26.9. The van der Waals surface area contributed by atoms with Crippen LogP contribution in [-0.4, -0.2) is 34.7 Å². The molecule has 1 N–H and O–H groups in total. The molecule has 1 aromatic heterocycles. The van der Waals surface area contributed by atoms with E-state index in [-0.39, 0.29) is 17.9 Å². The maximum atomic E-state index is 12.1. The molecule has 0 aromatic carbocycles. The van der Waals surface area contributed by atoms with E-state index in [0.29, 0.717) is 6.54 Å². The van der Waals surface area contributed by atoms with Crippen LogP contribution in [0.5, 0.6) is 0 Å². The van der Waals surface area contributed by atoms with Crippen molar-refractivity contribution in [3.63, 3.8) is 0 Å². The highest BCUT2D eigenvalue weighted by atomic mass is 16.5. The van der Waals surface area contributed by atoms with Crippen LogP contribution in [0, 0.1) is 5.92 Å². The lowest BCUT2D eigenvalue weighted by Gasteiger charge is -2.23. The number of ether oxygens (including phenoxy) is 1. The summed E-state index contributed by atoms with van der Waals surface area (Å²) in [6, 6.07) is 0. The van der Waals surface area contributed by atoms with Crippen LogP contribution < -0.4 is 5.32 Å². The number of nitrogens with zero attached hydrogens (tertiary/aromatic N) is 2. The Morgan fingerprint density at radius 2 is 2.50 bits per heavy atom. The zero-order valence-electron chi connectivity index (χ0n) is 10.5. The first kappa shape index (κ1) is 11.7. The van der Waals surface area contributed by atoms with E-state index in [0.717, 1.165) is 44.7 Å². The summed E-state index contributed by atoms with van der Waals surface area (Å²) in [5.74, 6) is 1.25. The van der Waals surface area contributed by atoms with Crippen molar-refractivity contribution in [2.45, 2.75) is 38.3 Å². The number of aromatic nitrogens is 2. The van der Waals surface area contributed by atoms with Crippen molar-refractivity contribution in [2.24, 2.45) is 5.92 Å². The second-order valence-electron chi connectivity index (χ2n) is 5.11. The van der Waals surface area contributed by atoms with E-state index < -0.39 is 0 Å². The van der Waals surface area contributed by atoms with E-state index in [1.54, 1.807) is 0 Å². The van der Waals surface area contributed by atoms with Crippen molar-refractivity contribution in [2.75, 3.05) is 13.2 Å². The predicted octanol–water partition coefficient (Wildman–Crippen LogP) is 0.741. The number of amides is 1. The van der Waals surface area contributed by atoms with Crippen LogP contribution in [0.3, 0.4) is 0 Å². The molecule has 1 aromatic rings. The molecule has 0 aliphatic carbocycles. The summed E-state index contributed by atoms with van der Waals surface area (Å²) in [4.78, 5) is 16.4. The number of nitrogens with one attached hydrogen (secondary N) is 1. The summed E-state index contributed by atoms with van der Waals surface area (Å²) in [7, 11) is 0. The highest BCUT2D eigenvalue weighted by molar-refractivity contribution is 5.79. The lowest BCUT2D eigenvalue weighted by atomic mass is 9.97. The quantitative estimate of drug-likeness (QED) is 0.859. The third kappa shape index (κ3) is 2.41. The standard InChI is InChI=1S/C13H19N3O2/c17-13(15-9-11-2-1-7-18-11)10-3-5-16-6-4-14-12(16)8-10/h4,6,10-11H,1-3,5,7-9H2,(H,15,17). The minimum Gasteiger partial charge on any atom is -0.376 e. The van der Waals surface area contributed by atoms with E-state index in [1.165, 1.54) is 0 Å². The first-order valence-corrected chi connectivity index (χ1v) is 6.72. The molecule has 5 heteroatoms. The van der Waals surface area contributed by atoms with Gasteiger partial charge >= 0.3 is 0 Å². The molecule has 0 radical (unpaired) electrons. The topological polar surface area (TPSA) is 56.1 Å². The van der Waals surface area contributed by atoms with E-state index in [9.17, 15) is 4.79 Å². The van der Waals surface area contributed by atoms with Gasteiger partial charge in [0.25, 0.3) is 0 Å². The molecule has 1 amide bonds. The lowest BCUT2D eigenvalue weighted by Crippen LogP contribution is -2.39. The van der Waals surface area contributed by atoms with Gasteiger partial charge in [-0.25, -0.2) is 4.98 Å². The fourth-order valence-corrected chi connectivity index (χ4v) is 2.74. The smallest absolute Gasteiger partial charge is 0.223 e. The highest BCUT2D eigenvalue weighted by Gasteiger charge is 2.26. The molecule has 0 spiro atoms. The molecule has 5 nitrogen and oxygen atoms in total. The zero-order chi connectivity index (χ0) is 12.4. The van der Waals surface area contributed by atoms with E-state index in [4.69, 9.17) is 4.74 Å². The molecule has 3 rings (SSSR count). The van der Waals surface area contributed by atoms with Crippen molar-refractivity contribution >= 4 is 5.91 Å². The minimum atomic E-state index is 0.0707. The largest absolute Gasteiger partial charge is 0.376 e. The van der Waals surface area contributed by atoms with Gasteiger partial charge in [0.15, 0.2) is 0 Å². The van der Waals surface area contributed by atoms with Gasteiger partial charge in [-0.05, 0) is 19.3 Å². The van der Waals surface area contributed by atoms with Gasteiger partial charge in [0.1, 0.15) is 5.82 Å². The summed E-state index contributed by atoms with van der Waals surface area (Å²) in [6.45, 7) is 2.39. The summed E-state index contributed by atoms with van der Waals surface area (Å²) < 4.78 is 7.63. The molecule has 98 valence electrons. The van der Waals surface area contributed by atoms with Gasteiger partial charge in [-0.2, -0.15) is 0 Å². The molecule has 2 aliphatic rings. The van der Waals surface area contributed by atoms with E-state index in [2.05, 4.69) is 14.9 Å². The Bertz CT molecular complexity index is 424. The molecule has 1 saturated heterocycles. The van der Waals surface area contributed by atoms with Gasteiger partial charge in [0.05, 0.1) is 6.10 Å². The Morgan fingerprint density at radius 3 is 3.33 bits per heavy atom. The predicted molar refractivity (Wildman–Crippen MR) is 66.0 cm³/mol. The second-order valence-corrected chi connectivity index (χ2v) is 5.11. The first-order chi connectivity index (χ1) is 8.83. The number of rotatable bonds is 3. The van der Waals surface area contributed by atoms with Gasteiger partial charge in [-0.3, -0.25) is 4.79 Å². The maximum Gasteiger partial charge on any atom is 0.223 e. The molecule has 2 atom stereocenters. The van der Waals surface area contributed by atoms with Gasteiger partial charge in [-0.15, -0.1) is 0 Å². The summed E-state index contributed by atoms with van der Waals surface area (Å²) >= 11 is 0. The van der Waals surface area contributed by atoms with Crippen molar-refractivity contribution < 1.29 is 9.53 Å². The van der Waals surface area contributed by atoms with Gasteiger partial charge < -0.3 is 14.6 Å². The van der Waals surface area contributed by atoms with Crippen molar-refractivity contribution in [3.05, 3.63) is 18.2 Å². The first-order valence-electron chi connectivity index (χ1n) is 6.72. The number of carbonyl (C=O) groups excluding carboxylic acids is 1. The minimum absolute atomic E-state index is 0.0707. The third-order valence-corrected chi connectivity index (χ3v) is 3.85. The zero-order valence-corrected chi connectivity index (χ0v) is 10.5.